The van der Waals surface area contributed by atoms with Crippen LogP contribution in [0, 0.1) is 6.92 Å². The van der Waals surface area contributed by atoms with Gasteiger partial charge in [0.25, 0.3) is 0 Å². The van der Waals surface area contributed by atoms with E-state index in [1.54, 1.807) is 6.33 Å². The second-order valence-corrected chi connectivity index (χ2v) is 4.31. The maximum Gasteiger partial charge on any atom is 0.137 e. The van der Waals surface area contributed by atoms with Crippen molar-refractivity contribution in [3.63, 3.8) is 0 Å². The summed E-state index contributed by atoms with van der Waals surface area (Å²) in [6.45, 7) is 7.07. The lowest BCUT2D eigenvalue weighted by Crippen LogP contribution is -2.38. The Kier molecular flexibility index (Phi) is 5.85. The van der Waals surface area contributed by atoms with E-state index in [0.717, 1.165) is 30.0 Å². The molecule has 0 spiro atoms. The molecule has 2 N–H and O–H groups in total. The molecule has 0 bridgehead atoms. The fourth-order valence-electron chi connectivity index (χ4n) is 2.28. The van der Waals surface area contributed by atoms with E-state index in [-0.39, 0.29) is 6.61 Å². The molecule has 1 aromatic heterocycles. The maximum atomic E-state index is 9.25. The molecule has 5 nitrogen and oxygen atoms in total. The van der Waals surface area contributed by atoms with Gasteiger partial charge in [-0.15, -0.1) is 0 Å². The van der Waals surface area contributed by atoms with Crippen LogP contribution in [0.15, 0.2) is 6.33 Å². The Hall–Kier alpha value is -1.36. The molecule has 0 aliphatic rings. The molecule has 0 radical (unpaired) electrons. The molecule has 0 atom stereocenters. The van der Waals surface area contributed by atoms with Crippen molar-refractivity contribution in [2.75, 3.05) is 30.4 Å². The molecule has 0 aliphatic heterocycles. The van der Waals surface area contributed by atoms with Crippen molar-refractivity contribution < 1.29 is 5.11 Å². The average Bonchev–Trinajstić information content (AvgIpc) is 2.39. The van der Waals surface area contributed by atoms with Gasteiger partial charge in [-0.1, -0.05) is 13.8 Å². The van der Waals surface area contributed by atoms with E-state index < -0.39 is 0 Å². The summed E-state index contributed by atoms with van der Waals surface area (Å²) >= 11 is 0. The number of nitrogens with zero attached hydrogens (tertiary/aromatic N) is 3. The first kappa shape index (κ1) is 14.7. The first-order chi connectivity index (χ1) is 8.69. The Balaban J connectivity index is 3.12. The largest absolute Gasteiger partial charge is 0.395 e. The molecular formula is C13H24N4O. The van der Waals surface area contributed by atoms with E-state index in [1.165, 1.54) is 0 Å². The summed E-state index contributed by atoms with van der Waals surface area (Å²) in [6.07, 6.45) is 3.64. The predicted molar refractivity (Wildman–Crippen MR) is 75.1 cm³/mol. The van der Waals surface area contributed by atoms with Crippen LogP contribution in [-0.4, -0.2) is 41.3 Å². The van der Waals surface area contributed by atoms with Crippen molar-refractivity contribution >= 4 is 11.6 Å². The van der Waals surface area contributed by atoms with Crippen LogP contribution in [0.4, 0.5) is 11.6 Å². The van der Waals surface area contributed by atoms with Crippen LogP contribution in [0.3, 0.4) is 0 Å². The minimum absolute atomic E-state index is 0.134. The predicted octanol–water partition coefficient (Wildman–Crippen LogP) is 1.81. The number of aliphatic hydroxyl groups excluding tert-OH is 1. The molecule has 1 rings (SSSR count). The van der Waals surface area contributed by atoms with E-state index in [4.69, 9.17) is 0 Å². The van der Waals surface area contributed by atoms with Gasteiger partial charge in [0, 0.05) is 25.2 Å². The minimum atomic E-state index is 0.134. The Morgan fingerprint density at radius 2 is 2.00 bits per heavy atom. The van der Waals surface area contributed by atoms with Gasteiger partial charge in [-0.05, 0) is 19.8 Å². The van der Waals surface area contributed by atoms with Crippen LogP contribution in [0.2, 0.25) is 0 Å². The van der Waals surface area contributed by atoms with E-state index in [9.17, 15) is 5.11 Å². The lowest BCUT2D eigenvalue weighted by molar-refractivity contribution is 0.295. The summed E-state index contributed by atoms with van der Waals surface area (Å²) in [4.78, 5) is 10.8. The molecule has 0 saturated carbocycles. The minimum Gasteiger partial charge on any atom is -0.395 e. The maximum absolute atomic E-state index is 9.25. The van der Waals surface area contributed by atoms with Crippen molar-refractivity contribution in [2.24, 2.45) is 0 Å². The first-order valence-electron chi connectivity index (χ1n) is 6.56. The number of hydrogen-bond acceptors (Lipinski definition) is 5. The van der Waals surface area contributed by atoms with Crippen LogP contribution >= 0.6 is 0 Å². The molecule has 0 amide bonds. The summed E-state index contributed by atoms with van der Waals surface area (Å²) in [7, 11) is 1.85. The molecule has 1 aromatic rings. The molecule has 0 unspecified atom stereocenters. The zero-order valence-corrected chi connectivity index (χ0v) is 11.8. The van der Waals surface area contributed by atoms with Gasteiger partial charge < -0.3 is 15.3 Å². The molecule has 0 fully saturated rings. The van der Waals surface area contributed by atoms with E-state index in [0.29, 0.717) is 12.6 Å². The molecule has 0 saturated heterocycles. The zero-order valence-electron chi connectivity index (χ0n) is 11.8. The number of aliphatic hydroxyl groups is 1. The van der Waals surface area contributed by atoms with Gasteiger partial charge in [-0.2, -0.15) is 0 Å². The van der Waals surface area contributed by atoms with E-state index in [2.05, 4.69) is 34.0 Å². The highest BCUT2D eigenvalue weighted by Crippen LogP contribution is 2.25. The zero-order chi connectivity index (χ0) is 13.5. The van der Waals surface area contributed by atoms with Crippen molar-refractivity contribution in [1.82, 2.24) is 9.97 Å². The quantitative estimate of drug-likeness (QED) is 0.775. The molecule has 1 heterocycles. The third-order valence-corrected chi connectivity index (χ3v) is 3.29. The Morgan fingerprint density at radius 3 is 2.50 bits per heavy atom. The second kappa shape index (κ2) is 7.16. The number of rotatable bonds is 7. The summed E-state index contributed by atoms with van der Waals surface area (Å²) in [5.74, 6) is 1.76. The number of hydrogen-bond donors (Lipinski definition) is 2. The standard InChI is InChI=1S/C13H24N4O/c1-5-11(6-2)17(7-8-18)13-10(3)12(14-4)15-9-16-13/h9,11,18H,5-8H2,1-4H3,(H,14,15,16). The molecule has 0 aromatic carbocycles. The van der Waals surface area contributed by atoms with Gasteiger partial charge >= 0.3 is 0 Å². The normalized spacial score (nSPS) is 10.8. The fraction of sp³-hybridized carbons (Fsp3) is 0.692. The third-order valence-electron chi connectivity index (χ3n) is 3.29. The molecule has 5 heteroatoms. The summed E-state index contributed by atoms with van der Waals surface area (Å²) in [5.41, 5.74) is 1.03. The molecule has 102 valence electrons. The molecule has 0 aliphatic carbocycles. The highest BCUT2D eigenvalue weighted by atomic mass is 16.3. The van der Waals surface area contributed by atoms with Crippen molar-refractivity contribution in [3.05, 3.63) is 11.9 Å². The Bertz CT molecular complexity index is 366. The van der Waals surface area contributed by atoms with E-state index in [1.807, 2.05) is 14.0 Å². The smallest absolute Gasteiger partial charge is 0.137 e. The highest BCUT2D eigenvalue weighted by Gasteiger charge is 2.19. The SMILES string of the molecule is CCC(CC)N(CCO)c1ncnc(NC)c1C. The summed E-state index contributed by atoms with van der Waals surface area (Å²) in [5, 5.41) is 12.3. The van der Waals surface area contributed by atoms with Crippen LogP contribution in [0.25, 0.3) is 0 Å². The Labute approximate surface area is 109 Å². The summed E-state index contributed by atoms with van der Waals surface area (Å²) in [6, 6.07) is 0.399. The van der Waals surface area contributed by atoms with Gasteiger partial charge in [-0.25, -0.2) is 9.97 Å². The van der Waals surface area contributed by atoms with Crippen molar-refractivity contribution in [1.29, 1.82) is 0 Å². The van der Waals surface area contributed by atoms with Crippen LogP contribution in [0.1, 0.15) is 32.3 Å². The van der Waals surface area contributed by atoms with Gasteiger partial charge in [0.15, 0.2) is 0 Å². The van der Waals surface area contributed by atoms with Crippen molar-refractivity contribution in [2.45, 2.75) is 39.7 Å². The monoisotopic (exact) mass is 252 g/mol. The van der Waals surface area contributed by atoms with Crippen molar-refractivity contribution in [3.8, 4) is 0 Å². The molecule has 18 heavy (non-hydrogen) atoms. The highest BCUT2D eigenvalue weighted by molar-refractivity contribution is 5.58. The van der Waals surface area contributed by atoms with Gasteiger partial charge in [0.2, 0.25) is 0 Å². The van der Waals surface area contributed by atoms with Gasteiger partial charge in [-0.3, -0.25) is 0 Å². The Morgan fingerprint density at radius 1 is 1.33 bits per heavy atom. The second-order valence-electron chi connectivity index (χ2n) is 4.31. The number of nitrogens with one attached hydrogen (secondary N) is 1. The first-order valence-corrected chi connectivity index (χ1v) is 6.56. The fourth-order valence-corrected chi connectivity index (χ4v) is 2.28. The number of anilines is 2. The molecular weight excluding hydrogens is 228 g/mol. The van der Waals surface area contributed by atoms with E-state index >= 15 is 0 Å². The number of aromatic nitrogens is 2. The van der Waals surface area contributed by atoms with Crippen LogP contribution in [0.5, 0.6) is 0 Å². The average molecular weight is 252 g/mol. The summed E-state index contributed by atoms with van der Waals surface area (Å²) < 4.78 is 0. The lowest BCUT2D eigenvalue weighted by atomic mass is 10.1. The topological polar surface area (TPSA) is 61.3 Å². The van der Waals surface area contributed by atoms with Gasteiger partial charge in [0.1, 0.15) is 18.0 Å². The van der Waals surface area contributed by atoms with Gasteiger partial charge in [0.05, 0.1) is 6.61 Å². The lowest BCUT2D eigenvalue weighted by Gasteiger charge is -2.32. The van der Waals surface area contributed by atoms with Crippen LogP contribution < -0.4 is 10.2 Å². The van der Waals surface area contributed by atoms with Crippen LogP contribution in [-0.2, 0) is 0 Å². The third kappa shape index (κ3) is 3.10.